The first-order valence-corrected chi connectivity index (χ1v) is 9.89. The number of aromatic amines is 1. The zero-order valence-corrected chi connectivity index (χ0v) is 16.9. The Morgan fingerprint density at radius 1 is 0.652 bits per heavy atom. The monoisotopic (exact) mass is 383 g/mol. The van der Waals surface area contributed by atoms with Gasteiger partial charge >= 0.3 is 0 Å². The lowest BCUT2D eigenvalue weighted by Gasteiger charge is -2.02. The van der Waals surface area contributed by atoms with E-state index in [1.165, 1.54) is 102 Å². The van der Waals surface area contributed by atoms with Crippen LogP contribution in [0.1, 0.15) is 103 Å². The molecule has 0 aromatic carbocycles. The first kappa shape index (κ1) is 22.6. The fourth-order valence-corrected chi connectivity index (χ4v) is 3.10. The minimum atomic E-state index is 0. The second-order valence-electron chi connectivity index (χ2n) is 6.73. The summed E-state index contributed by atoms with van der Waals surface area (Å²) in [5.41, 5.74) is 1.38. The number of pyridine rings is 1. The fraction of sp³-hybridized carbons (Fsp3) is 0.762. The van der Waals surface area contributed by atoms with Crippen molar-refractivity contribution in [2.45, 2.75) is 103 Å². The van der Waals surface area contributed by atoms with Gasteiger partial charge in [-0.15, -0.1) is 0 Å². The number of hydrogen-bond donors (Lipinski definition) is 0. The van der Waals surface area contributed by atoms with Crippen LogP contribution < -0.4 is 22.0 Å². The second-order valence-corrected chi connectivity index (χ2v) is 6.73. The molecule has 0 saturated heterocycles. The van der Waals surface area contributed by atoms with Crippen LogP contribution in [-0.4, -0.2) is 0 Å². The van der Waals surface area contributed by atoms with Crippen LogP contribution in [0.4, 0.5) is 0 Å². The Kier molecular flexibility index (Phi) is 17.7. The zero-order valence-electron chi connectivity index (χ0n) is 15.3. The Bertz CT molecular complexity index is 326. The van der Waals surface area contributed by atoms with E-state index in [1.807, 2.05) is 6.20 Å². The third-order valence-corrected chi connectivity index (χ3v) is 4.57. The van der Waals surface area contributed by atoms with Crippen molar-refractivity contribution in [3.63, 3.8) is 0 Å². The number of aromatic nitrogens is 1. The number of H-pyrrole nitrogens is 1. The zero-order chi connectivity index (χ0) is 15.7. The van der Waals surface area contributed by atoms with Gasteiger partial charge in [0.05, 0.1) is 0 Å². The van der Waals surface area contributed by atoms with Crippen LogP contribution in [0.5, 0.6) is 0 Å². The van der Waals surface area contributed by atoms with Crippen LogP contribution in [0.25, 0.3) is 0 Å². The van der Waals surface area contributed by atoms with Gasteiger partial charge in [-0.25, -0.2) is 4.98 Å². The van der Waals surface area contributed by atoms with Gasteiger partial charge in [-0.05, 0) is 6.42 Å². The molecule has 23 heavy (non-hydrogen) atoms. The van der Waals surface area contributed by atoms with Crippen LogP contribution in [0.15, 0.2) is 24.4 Å². The van der Waals surface area contributed by atoms with E-state index >= 15 is 0 Å². The third-order valence-electron chi connectivity index (χ3n) is 4.57. The SMILES string of the molecule is CCCCCCCCCCCCCCCCc1cccc[nH+]1.[Br-]. The summed E-state index contributed by atoms with van der Waals surface area (Å²) in [6.45, 7) is 2.29. The normalized spacial score (nSPS) is 10.5. The van der Waals surface area contributed by atoms with Crippen molar-refractivity contribution in [1.82, 2.24) is 0 Å². The number of rotatable bonds is 15. The quantitative estimate of drug-likeness (QED) is 0.411. The molecule has 0 radical (unpaired) electrons. The van der Waals surface area contributed by atoms with E-state index in [4.69, 9.17) is 0 Å². The summed E-state index contributed by atoms with van der Waals surface area (Å²) in [7, 11) is 0. The molecule has 0 atom stereocenters. The molecular formula is C21H38BrN. The van der Waals surface area contributed by atoms with E-state index in [1.54, 1.807) is 0 Å². The summed E-state index contributed by atoms with van der Waals surface area (Å²) in [5.74, 6) is 0. The van der Waals surface area contributed by atoms with E-state index in [9.17, 15) is 0 Å². The Morgan fingerprint density at radius 3 is 1.57 bits per heavy atom. The standard InChI is InChI=1S/C21H37N.BrH/c1-2-3-4-5-6-7-8-9-10-11-12-13-14-15-18-21-19-16-17-20-22-21;/h16-17,19-20H,2-15,18H2,1H3;1H. The average molecular weight is 384 g/mol. The van der Waals surface area contributed by atoms with Crippen molar-refractivity contribution < 1.29 is 22.0 Å². The molecule has 134 valence electrons. The highest BCUT2D eigenvalue weighted by Gasteiger charge is 1.99. The molecule has 0 aliphatic heterocycles. The minimum Gasteiger partial charge on any atom is -1.00 e. The predicted octanol–water partition coefficient (Wildman–Crippen LogP) is 3.53. The Balaban J connectivity index is 0.00000484. The molecule has 1 rings (SSSR count). The molecule has 0 saturated carbocycles. The second kappa shape index (κ2) is 18.0. The summed E-state index contributed by atoms with van der Waals surface area (Å²) in [6, 6.07) is 6.37. The smallest absolute Gasteiger partial charge is 0.179 e. The van der Waals surface area contributed by atoms with Crippen molar-refractivity contribution in [1.29, 1.82) is 0 Å². The summed E-state index contributed by atoms with van der Waals surface area (Å²) >= 11 is 0. The Hall–Kier alpha value is -0.370. The molecule has 1 N–H and O–H groups in total. The van der Waals surface area contributed by atoms with E-state index in [-0.39, 0.29) is 17.0 Å². The van der Waals surface area contributed by atoms with Crippen LogP contribution in [-0.2, 0) is 6.42 Å². The lowest BCUT2D eigenvalue weighted by molar-refractivity contribution is -0.390. The molecule has 0 amide bonds. The van der Waals surface area contributed by atoms with Gasteiger partial charge in [-0.3, -0.25) is 0 Å². The van der Waals surface area contributed by atoms with Crippen LogP contribution in [0.2, 0.25) is 0 Å². The number of halogens is 1. The summed E-state index contributed by atoms with van der Waals surface area (Å²) in [6.07, 6.45) is 23.3. The number of hydrogen-bond acceptors (Lipinski definition) is 0. The van der Waals surface area contributed by atoms with Crippen LogP contribution in [0, 0.1) is 0 Å². The lowest BCUT2D eigenvalue weighted by Crippen LogP contribution is -3.00. The summed E-state index contributed by atoms with van der Waals surface area (Å²) in [5, 5.41) is 0. The van der Waals surface area contributed by atoms with Crippen molar-refractivity contribution in [3.05, 3.63) is 30.1 Å². The molecule has 0 bridgehead atoms. The van der Waals surface area contributed by atoms with E-state index in [0.29, 0.717) is 0 Å². The summed E-state index contributed by atoms with van der Waals surface area (Å²) < 4.78 is 0. The molecule has 0 aliphatic rings. The van der Waals surface area contributed by atoms with Gasteiger partial charge in [0.2, 0.25) is 0 Å². The van der Waals surface area contributed by atoms with Crippen molar-refractivity contribution in [2.75, 3.05) is 0 Å². The minimum absolute atomic E-state index is 0. The first-order valence-electron chi connectivity index (χ1n) is 9.89. The molecule has 2 heteroatoms. The maximum atomic E-state index is 3.32. The van der Waals surface area contributed by atoms with Gasteiger partial charge in [0.15, 0.2) is 11.9 Å². The molecule has 1 aromatic rings. The predicted molar refractivity (Wildman–Crippen MR) is 97.0 cm³/mol. The van der Waals surface area contributed by atoms with Crippen LogP contribution in [0.3, 0.4) is 0 Å². The van der Waals surface area contributed by atoms with Gasteiger partial charge in [-0.1, -0.05) is 96.5 Å². The molecule has 1 aromatic heterocycles. The Morgan fingerprint density at radius 2 is 1.13 bits per heavy atom. The topological polar surface area (TPSA) is 14.1 Å². The van der Waals surface area contributed by atoms with Crippen molar-refractivity contribution >= 4 is 0 Å². The Labute approximate surface area is 155 Å². The van der Waals surface area contributed by atoms with Gasteiger partial charge in [0.25, 0.3) is 0 Å². The molecule has 0 fully saturated rings. The van der Waals surface area contributed by atoms with E-state index < -0.39 is 0 Å². The maximum Gasteiger partial charge on any atom is 0.179 e. The van der Waals surface area contributed by atoms with Crippen molar-refractivity contribution in [2.24, 2.45) is 0 Å². The molecule has 0 aliphatic carbocycles. The average Bonchev–Trinajstić information content (AvgIpc) is 2.56. The van der Waals surface area contributed by atoms with Gasteiger partial charge < -0.3 is 17.0 Å². The van der Waals surface area contributed by atoms with E-state index in [2.05, 4.69) is 30.1 Å². The lowest BCUT2D eigenvalue weighted by atomic mass is 10.0. The number of aryl methyl sites for hydroxylation is 1. The first-order chi connectivity index (χ1) is 10.9. The molecule has 1 nitrogen and oxygen atoms in total. The third kappa shape index (κ3) is 14.9. The highest BCUT2D eigenvalue weighted by atomic mass is 79.9. The highest BCUT2D eigenvalue weighted by Crippen LogP contribution is 2.13. The number of nitrogens with one attached hydrogen (secondary N) is 1. The van der Waals surface area contributed by atoms with Crippen molar-refractivity contribution in [3.8, 4) is 0 Å². The highest BCUT2D eigenvalue weighted by molar-refractivity contribution is 4.96. The van der Waals surface area contributed by atoms with E-state index in [0.717, 1.165) is 0 Å². The molecular weight excluding hydrogens is 346 g/mol. The molecule has 0 spiro atoms. The summed E-state index contributed by atoms with van der Waals surface area (Å²) in [4.78, 5) is 3.32. The van der Waals surface area contributed by atoms with Gasteiger partial charge in [0.1, 0.15) is 0 Å². The maximum absolute atomic E-state index is 3.32. The van der Waals surface area contributed by atoms with Crippen LogP contribution >= 0.6 is 0 Å². The van der Waals surface area contributed by atoms with Gasteiger partial charge in [0, 0.05) is 18.6 Å². The molecule has 1 heterocycles. The number of unbranched alkanes of at least 4 members (excludes halogenated alkanes) is 13. The largest absolute Gasteiger partial charge is 1.00 e. The molecule has 0 unspecified atom stereocenters. The van der Waals surface area contributed by atoms with Gasteiger partial charge in [-0.2, -0.15) is 0 Å². The fourth-order valence-electron chi connectivity index (χ4n) is 3.10.